The summed E-state index contributed by atoms with van der Waals surface area (Å²) in [5, 5.41) is 3.68. The van der Waals surface area contributed by atoms with Gasteiger partial charge in [0.1, 0.15) is 5.76 Å². The molecule has 0 bridgehead atoms. The van der Waals surface area contributed by atoms with E-state index in [4.69, 9.17) is 4.42 Å². The highest BCUT2D eigenvalue weighted by molar-refractivity contribution is 5.25. The van der Waals surface area contributed by atoms with E-state index in [-0.39, 0.29) is 6.04 Å². The Labute approximate surface area is 126 Å². The molecule has 4 heteroatoms. The van der Waals surface area contributed by atoms with Gasteiger partial charge < -0.3 is 9.73 Å². The quantitative estimate of drug-likeness (QED) is 0.917. The maximum absolute atomic E-state index is 5.57. The van der Waals surface area contributed by atoms with Crippen molar-refractivity contribution in [3.8, 4) is 0 Å². The second-order valence-corrected chi connectivity index (χ2v) is 5.90. The Morgan fingerprint density at radius 2 is 2.29 bits per heavy atom. The van der Waals surface area contributed by atoms with Crippen molar-refractivity contribution in [1.82, 2.24) is 15.2 Å². The van der Waals surface area contributed by atoms with Crippen LogP contribution in [0.1, 0.15) is 41.9 Å². The monoisotopic (exact) mass is 285 g/mol. The average Bonchev–Trinajstić information content (AvgIpc) is 3.01. The zero-order valence-corrected chi connectivity index (χ0v) is 12.7. The lowest BCUT2D eigenvalue weighted by Crippen LogP contribution is -2.34. The third-order valence-electron chi connectivity index (χ3n) is 4.25. The van der Waals surface area contributed by atoms with E-state index >= 15 is 0 Å². The van der Waals surface area contributed by atoms with E-state index in [1.165, 1.54) is 17.7 Å². The summed E-state index contributed by atoms with van der Waals surface area (Å²) in [6, 6.07) is 8.82. The van der Waals surface area contributed by atoms with Gasteiger partial charge in [0.2, 0.25) is 0 Å². The van der Waals surface area contributed by atoms with Crippen molar-refractivity contribution >= 4 is 0 Å². The van der Waals surface area contributed by atoms with Crippen molar-refractivity contribution in [3.05, 3.63) is 53.7 Å². The Morgan fingerprint density at radius 1 is 1.38 bits per heavy atom. The number of rotatable bonds is 5. The molecule has 0 radical (unpaired) electrons. The fourth-order valence-electron chi connectivity index (χ4n) is 3.08. The van der Waals surface area contributed by atoms with Gasteiger partial charge in [0, 0.05) is 18.8 Å². The minimum Gasteiger partial charge on any atom is -0.468 e. The molecule has 0 saturated heterocycles. The summed E-state index contributed by atoms with van der Waals surface area (Å²) < 4.78 is 5.57. The molecule has 4 nitrogen and oxygen atoms in total. The number of aryl methyl sites for hydroxylation is 1. The SMILES string of the molecule is CN(C)C(CNC1CCCc2cccnc21)c1ccco1. The van der Waals surface area contributed by atoms with Gasteiger partial charge >= 0.3 is 0 Å². The number of fused-ring (bicyclic) bond motifs is 1. The van der Waals surface area contributed by atoms with Crippen LogP contribution < -0.4 is 5.32 Å². The summed E-state index contributed by atoms with van der Waals surface area (Å²) in [7, 11) is 4.17. The number of pyridine rings is 1. The first-order chi connectivity index (χ1) is 10.3. The summed E-state index contributed by atoms with van der Waals surface area (Å²) in [6.07, 6.45) is 7.17. The Kier molecular flexibility index (Phi) is 4.36. The van der Waals surface area contributed by atoms with E-state index in [1.807, 2.05) is 24.4 Å². The third kappa shape index (κ3) is 3.17. The van der Waals surface area contributed by atoms with Crippen molar-refractivity contribution in [3.63, 3.8) is 0 Å². The first-order valence-electron chi connectivity index (χ1n) is 7.62. The molecule has 1 aliphatic carbocycles. The Morgan fingerprint density at radius 3 is 3.05 bits per heavy atom. The average molecular weight is 285 g/mol. The van der Waals surface area contributed by atoms with Crippen molar-refractivity contribution in [2.24, 2.45) is 0 Å². The van der Waals surface area contributed by atoms with Crippen molar-refractivity contribution in [1.29, 1.82) is 0 Å². The molecule has 0 spiro atoms. The molecule has 0 fully saturated rings. The van der Waals surface area contributed by atoms with Crippen LogP contribution in [0.2, 0.25) is 0 Å². The zero-order valence-electron chi connectivity index (χ0n) is 12.7. The maximum Gasteiger partial charge on any atom is 0.122 e. The number of hydrogen-bond acceptors (Lipinski definition) is 4. The van der Waals surface area contributed by atoms with Crippen molar-refractivity contribution in [2.75, 3.05) is 20.6 Å². The second kappa shape index (κ2) is 6.41. The first-order valence-corrected chi connectivity index (χ1v) is 7.62. The van der Waals surface area contributed by atoms with Crippen LogP contribution in [0.15, 0.2) is 41.1 Å². The smallest absolute Gasteiger partial charge is 0.122 e. The highest BCUT2D eigenvalue weighted by Gasteiger charge is 2.23. The van der Waals surface area contributed by atoms with Crippen molar-refractivity contribution < 1.29 is 4.42 Å². The molecule has 2 heterocycles. The van der Waals surface area contributed by atoms with Gasteiger partial charge in [0.15, 0.2) is 0 Å². The molecule has 112 valence electrons. The predicted molar refractivity (Wildman–Crippen MR) is 83.1 cm³/mol. The lowest BCUT2D eigenvalue weighted by Gasteiger charge is -2.29. The van der Waals surface area contributed by atoms with E-state index < -0.39 is 0 Å². The zero-order chi connectivity index (χ0) is 14.7. The van der Waals surface area contributed by atoms with Gasteiger partial charge in [-0.1, -0.05) is 6.07 Å². The summed E-state index contributed by atoms with van der Waals surface area (Å²) >= 11 is 0. The van der Waals surface area contributed by atoms with E-state index in [1.54, 1.807) is 6.26 Å². The van der Waals surface area contributed by atoms with Crippen LogP contribution in [0.3, 0.4) is 0 Å². The third-order valence-corrected chi connectivity index (χ3v) is 4.25. The topological polar surface area (TPSA) is 41.3 Å². The molecular formula is C17H23N3O. The minimum atomic E-state index is 0.245. The van der Waals surface area contributed by atoms with Gasteiger partial charge in [0.05, 0.1) is 18.0 Å². The van der Waals surface area contributed by atoms with E-state index in [2.05, 4.69) is 35.4 Å². The van der Waals surface area contributed by atoms with Crippen LogP contribution in [0, 0.1) is 0 Å². The molecule has 0 aromatic carbocycles. The molecule has 2 unspecified atom stereocenters. The molecule has 2 aromatic heterocycles. The van der Waals surface area contributed by atoms with Gasteiger partial charge in [-0.15, -0.1) is 0 Å². The lowest BCUT2D eigenvalue weighted by atomic mass is 9.92. The van der Waals surface area contributed by atoms with Crippen LogP contribution in [-0.4, -0.2) is 30.5 Å². The fraction of sp³-hybridized carbons (Fsp3) is 0.471. The standard InChI is InChI=1S/C17H23N3O/c1-20(2)15(16-9-5-11-21-16)12-19-14-8-3-6-13-7-4-10-18-17(13)14/h4-5,7,9-11,14-15,19H,3,6,8,12H2,1-2H3. The minimum absolute atomic E-state index is 0.245. The van der Waals surface area contributed by atoms with Gasteiger partial charge in [0.25, 0.3) is 0 Å². The van der Waals surface area contributed by atoms with Gasteiger partial charge in [-0.25, -0.2) is 0 Å². The molecule has 0 amide bonds. The number of aromatic nitrogens is 1. The molecule has 0 aliphatic heterocycles. The highest BCUT2D eigenvalue weighted by atomic mass is 16.3. The Bertz CT molecular complexity index is 565. The molecule has 1 aliphatic rings. The van der Waals surface area contributed by atoms with E-state index in [9.17, 15) is 0 Å². The molecule has 3 rings (SSSR count). The first kappa shape index (κ1) is 14.3. The van der Waals surface area contributed by atoms with Crippen LogP contribution >= 0.6 is 0 Å². The van der Waals surface area contributed by atoms with Gasteiger partial charge in [-0.2, -0.15) is 0 Å². The molecule has 2 atom stereocenters. The van der Waals surface area contributed by atoms with Crippen LogP contribution in [0.4, 0.5) is 0 Å². The number of likely N-dealkylation sites (N-methyl/N-ethyl adjacent to an activating group) is 1. The second-order valence-electron chi connectivity index (χ2n) is 5.90. The summed E-state index contributed by atoms with van der Waals surface area (Å²) in [6.45, 7) is 0.862. The number of nitrogens with one attached hydrogen (secondary N) is 1. The summed E-state index contributed by atoms with van der Waals surface area (Å²) in [5.74, 6) is 1.00. The molecule has 0 saturated carbocycles. The maximum atomic E-state index is 5.57. The van der Waals surface area contributed by atoms with Crippen LogP contribution in [0.5, 0.6) is 0 Å². The summed E-state index contributed by atoms with van der Waals surface area (Å²) in [5.41, 5.74) is 2.61. The predicted octanol–water partition coefficient (Wildman–Crippen LogP) is 2.94. The van der Waals surface area contributed by atoms with Crippen LogP contribution in [-0.2, 0) is 6.42 Å². The lowest BCUT2D eigenvalue weighted by molar-refractivity contribution is 0.240. The number of furan rings is 1. The molecule has 1 N–H and O–H groups in total. The number of hydrogen-bond donors (Lipinski definition) is 1. The highest BCUT2D eigenvalue weighted by Crippen LogP contribution is 2.28. The summed E-state index contributed by atoms with van der Waals surface area (Å²) in [4.78, 5) is 6.78. The molecular weight excluding hydrogens is 262 g/mol. The van der Waals surface area contributed by atoms with Gasteiger partial charge in [-0.3, -0.25) is 9.88 Å². The van der Waals surface area contributed by atoms with Crippen LogP contribution in [0.25, 0.3) is 0 Å². The Balaban J connectivity index is 1.70. The number of nitrogens with zero attached hydrogens (tertiary/aromatic N) is 2. The largest absolute Gasteiger partial charge is 0.468 e. The van der Waals surface area contributed by atoms with E-state index in [0.717, 1.165) is 25.1 Å². The fourth-order valence-corrected chi connectivity index (χ4v) is 3.08. The van der Waals surface area contributed by atoms with Gasteiger partial charge in [-0.05, 0) is 57.1 Å². The normalized spacial score (nSPS) is 19.5. The molecule has 2 aromatic rings. The van der Waals surface area contributed by atoms with E-state index in [0.29, 0.717) is 6.04 Å². The Hall–Kier alpha value is -1.65. The molecule has 21 heavy (non-hydrogen) atoms. The van der Waals surface area contributed by atoms with Crippen molar-refractivity contribution in [2.45, 2.75) is 31.3 Å².